The summed E-state index contributed by atoms with van der Waals surface area (Å²) in [6.45, 7) is 0.194. The lowest BCUT2D eigenvalue weighted by Crippen LogP contribution is -2.20. The molecule has 14 heavy (non-hydrogen) atoms. The second-order valence-corrected chi connectivity index (χ2v) is 2.92. The normalized spacial score (nSPS) is 12.4. The molecular formula is C9H12N2O3. The van der Waals surface area contributed by atoms with Gasteiger partial charge in [0.1, 0.15) is 5.75 Å². The Bertz CT molecular complexity index is 352. The molecule has 1 atom stereocenters. The quantitative estimate of drug-likeness (QED) is 0.546. The van der Waals surface area contributed by atoms with E-state index in [4.69, 9.17) is 16.6 Å². The van der Waals surface area contributed by atoms with E-state index in [1.54, 1.807) is 0 Å². The first-order valence-electron chi connectivity index (χ1n) is 4.08. The minimum atomic E-state index is -1.09. The molecule has 0 amide bonds. The Labute approximate surface area is 81.0 Å². The summed E-state index contributed by atoms with van der Waals surface area (Å²) < 4.78 is 0. The Balaban J connectivity index is 3.07. The van der Waals surface area contributed by atoms with Crippen molar-refractivity contribution in [2.45, 2.75) is 6.04 Å². The molecule has 0 spiro atoms. The number of phenols is 1. The number of hydrogen-bond acceptors (Lipinski definition) is 4. The van der Waals surface area contributed by atoms with Crippen LogP contribution in [-0.4, -0.2) is 22.7 Å². The molecule has 0 heterocycles. The number of benzene rings is 1. The number of carboxylic acid groups (broad SMARTS) is 1. The van der Waals surface area contributed by atoms with Crippen LogP contribution in [0.25, 0.3) is 0 Å². The van der Waals surface area contributed by atoms with Crippen LogP contribution in [0.15, 0.2) is 18.2 Å². The molecule has 0 aliphatic carbocycles. The topological polar surface area (TPSA) is 110 Å². The van der Waals surface area contributed by atoms with Gasteiger partial charge in [-0.05, 0) is 12.1 Å². The van der Waals surface area contributed by atoms with Gasteiger partial charge in [-0.15, -0.1) is 0 Å². The molecule has 0 aliphatic rings. The fourth-order valence-corrected chi connectivity index (χ4v) is 1.12. The number of aromatic hydroxyl groups is 1. The molecule has 5 heteroatoms. The van der Waals surface area contributed by atoms with Crippen molar-refractivity contribution >= 4 is 5.97 Å². The maximum absolute atomic E-state index is 10.5. The number of hydrogen-bond donors (Lipinski definition) is 4. The van der Waals surface area contributed by atoms with E-state index < -0.39 is 12.0 Å². The zero-order valence-corrected chi connectivity index (χ0v) is 7.47. The van der Waals surface area contributed by atoms with Crippen LogP contribution in [0.3, 0.4) is 0 Å². The van der Waals surface area contributed by atoms with Gasteiger partial charge in [0.2, 0.25) is 0 Å². The lowest BCUT2D eigenvalue weighted by molar-refractivity contribution is 0.0696. The van der Waals surface area contributed by atoms with E-state index in [0.29, 0.717) is 5.56 Å². The zero-order valence-electron chi connectivity index (χ0n) is 7.47. The van der Waals surface area contributed by atoms with Crippen LogP contribution in [0.4, 0.5) is 0 Å². The fraction of sp³-hybridized carbons (Fsp3) is 0.222. The molecule has 1 aromatic carbocycles. The molecule has 76 valence electrons. The third kappa shape index (κ3) is 2.01. The van der Waals surface area contributed by atoms with Crippen LogP contribution >= 0.6 is 0 Å². The minimum Gasteiger partial charge on any atom is -0.508 e. The number of rotatable bonds is 3. The van der Waals surface area contributed by atoms with Gasteiger partial charge in [-0.2, -0.15) is 0 Å². The Morgan fingerprint density at radius 3 is 2.57 bits per heavy atom. The predicted molar refractivity (Wildman–Crippen MR) is 51.0 cm³/mol. The first kappa shape index (κ1) is 10.5. The summed E-state index contributed by atoms with van der Waals surface area (Å²) in [5.74, 6) is -1.23. The summed E-state index contributed by atoms with van der Waals surface area (Å²) >= 11 is 0. The Morgan fingerprint density at radius 2 is 2.14 bits per heavy atom. The zero-order chi connectivity index (χ0) is 10.7. The average molecular weight is 196 g/mol. The molecule has 1 rings (SSSR count). The van der Waals surface area contributed by atoms with Crippen molar-refractivity contribution < 1.29 is 15.0 Å². The van der Waals surface area contributed by atoms with Gasteiger partial charge in [-0.25, -0.2) is 4.79 Å². The average Bonchev–Trinajstić information content (AvgIpc) is 2.16. The van der Waals surface area contributed by atoms with Gasteiger partial charge >= 0.3 is 5.97 Å². The van der Waals surface area contributed by atoms with E-state index in [2.05, 4.69) is 0 Å². The molecule has 1 unspecified atom stereocenters. The van der Waals surface area contributed by atoms with Crippen molar-refractivity contribution in [2.75, 3.05) is 6.54 Å². The highest BCUT2D eigenvalue weighted by Gasteiger charge is 2.11. The molecule has 0 bridgehead atoms. The summed E-state index contributed by atoms with van der Waals surface area (Å²) in [5.41, 5.74) is 11.4. The smallest absolute Gasteiger partial charge is 0.335 e. The molecule has 0 saturated heterocycles. The number of carboxylic acids is 1. The SMILES string of the molecule is NCC(N)c1ccc(C(=O)O)cc1O. The van der Waals surface area contributed by atoms with Crippen molar-refractivity contribution in [1.82, 2.24) is 0 Å². The van der Waals surface area contributed by atoms with E-state index >= 15 is 0 Å². The Hall–Kier alpha value is -1.59. The van der Waals surface area contributed by atoms with E-state index in [-0.39, 0.29) is 17.9 Å². The lowest BCUT2D eigenvalue weighted by Gasteiger charge is -2.11. The van der Waals surface area contributed by atoms with Crippen LogP contribution in [0.2, 0.25) is 0 Å². The van der Waals surface area contributed by atoms with E-state index in [9.17, 15) is 9.90 Å². The maximum atomic E-state index is 10.5. The van der Waals surface area contributed by atoms with Crippen molar-refractivity contribution in [3.63, 3.8) is 0 Å². The Morgan fingerprint density at radius 1 is 1.50 bits per heavy atom. The second kappa shape index (κ2) is 4.08. The molecule has 0 aromatic heterocycles. The van der Waals surface area contributed by atoms with Crippen molar-refractivity contribution in [3.05, 3.63) is 29.3 Å². The standard InChI is InChI=1S/C9H12N2O3/c10-4-7(11)6-2-1-5(9(13)14)3-8(6)12/h1-3,7,12H,4,10-11H2,(H,13,14). The van der Waals surface area contributed by atoms with Crippen LogP contribution in [0.5, 0.6) is 5.75 Å². The number of carbonyl (C=O) groups is 1. The van der Waals surface area contributed by atoms with Crippen LogP contribution in [-0.2, 0) is 0 Å². The molecule has 1 aromatic rings. The summed E-state index contributed by atoms with van der Waals surface area (Å²) in [6.07, 6.45) is 0. The van der Waals surface area contributed by atoms with E-state index in [1.165, 1.54) is 12.1 Å². The molecule has 0 radical (unpaired) electrons. The van der Waals surface area contributed by atoms with Crippen LogP contribution in [0, 0.1) is 0 Å². The van der Waals surface area contributed by atoms with Crippen LogP contribution < -0.4 is 11.5 Å². The maximum Gasteiger partial charge on any atom is 0.335 e. The Kier molecular flexibility index (Phi) is 3.06. The summed E-state index contributed by atoms with van der Waals surface area (Å²) in [7, 11) is 0. The van der Waals surface area contributed by atoms with Gasteiger partial charge in [0.05, 0.1) is 5.56 Å². The molecule has 5 nitrogen and oxygen atoms in total. The number of aromatic carboxylic acids is 1. The molecular weight excluding hydrogens is 184 g/mol. The first-order valence-corrected chi connectivity index (χ1v) is 4.08. The molecule has 0 aliphatic heterocycles. The second-order valence-electron chi connectivity index (χ2n) is 2.92. The number of nitrogens with two attached hydrogens (primary N) is 2. The largest absolute Gasteiger partial charge is 0.508 e. The van der Waals surface area contributed by atoms with Gasteiger partial charge < -0.3 is 21.7 Å². The van der Waals surface area contributed by atoms with Crippen molar-refractivity contribution in [2.24, 2.45) is 11.5 Å². The summed E-state index contributed by atoms with van der Waals surface area (Å²) in [5, 5.41) is 18.1. The summed E-state index contributed by atoms with van der Waals surface area (Å²) in [6, 6.07) is 3.54. The van der Waals surface area contributed by atoms with Crippen molar-refractivity contribution in [3.8, 4) is 5.75 Å². The highest BCUT2D eigenvalue weighted by molar-refractivity contribution is 5.88. The van der Waals surface area contributed by atoms with Crippen molar-refractivity contribution in [1.29, 1.82) is 0 Å². The van der Waals surface area contributed by atoms with Gasteiger partial charge in [0.15, 0.2) is 0 Å². The molecule has 0 fully saturated rings. The lowest BCUT2D eigenvalue weighted by atomic mass is 10.0. The van der Waals surface area contributed by atoms with Gasteiger partial charge in [0, 0.05) is 18.2 Å². The monoisotopic (exact) mass is 196 g/mol. The van der Waals surface area contributed by atoms with E-state index in [0.717, 1.165) is 6.07 Å². The van der Waals surface area contributed by atoms with Gasteiger partial charge in [-0.1, -0.05) is 6.07 Å². The fourth-order valence-electron chi connectivity index (χ4n) is 1.12. The highest BCUT2D eigenvalue weighted by atomic mass is 16.4. The first-order chi connectivity index (χ1) is 6.56. The van der Waals surface area contributed by atoms with Gasteiger partial charge in [0.25, 0.3) is 0 Å². The number of phenolic OH excluding ortho intramolecular Hbond substituents is 1. The van der Waals surface area contributed by atoms with Gasteiger partial charge in [-0.3, -0.25) is 0 Å². The van der Waals surface area contributed by atoms with E-state index in [1.807, 2.05) is 0 Å². The van der Waals surface area contributed by atoms with Crippen LogP contribution in [0.1, 0.15) is 22.0 Å². The third-order valence-corrected chi connectivity index (χ3v) is 1.93. The highest BCUT2D eigenvalue weighted by Crippen LogP contribution is 2.23. The molecule has 0 saturated carbocycles. The predicted octanol–water partition coefficient (Wildman–Crippen LogP) is 0.0489. The summed E-state index contributed by atoms with van der Waals surface area (Å²) in [4.78, 5) is 10.5. The minimum absolute atomic E-state index is 0.0236. The third-order valence-electron chi connectivity index (χ3n) is 1.93. The molecule has 6 N–H and O–H groups in total.